The number of benzene rings is 3. The van der Waals surface area contributed by atoms with Crippen molar-refractivity contribution in [3.63, 3.8) is 0 Å². The predicted octanol–water partition coefficient (Wildman–Crippen LogP) is 5.70. The van der Waals surface area contributed by atoms with E-state index in [2.05, 4.69) is 5.32 Å². The molecule has 172 valence electrons. The number of carbonyl (C=O) groups excluding carboxylic acids is 1. The van der Waals surface area contributed by atoms with Gasteiger partial charge in [0.05, 0.1) is 11.4 Å². The average molecular weight is 485 g/mol. The number of ether oxygens (including phenoxy) is 1. The second kappa shape index (κ2) is 10.4. The van der Waals surface area contributed by atoms with Crippen LogP contribution in [-0.4, -0.2) is 31.7 Å². The Kier molecular flexibility index (Phi) is 7.33. The smallest absolute Gasteiger partial charge is 0.255 e. The topological polar surface area (TPSA) is 75.7 Å². The molecular formula is C25H25ClN2O4S. The Labute approximate surface area is 199 Å². The summed E-state index contributed by atoms with van der Waals surface area (Å²) in [5.74, 6) is 0.677. The molecule has 1 N–H and O–H groups in total. The molecule has 1 aliphatic heterocycles. The lowest BCUT2D eigenvalue weighted by molar-refractivity contribution is 0.102. The minimum Gasteiger partial charge on any atom is -0.455 e. The fourth-order valence-electron chi connectivity index (χ4n) is 3.70. The van der Waals surface area contributed by atoms with Crippen molar-refractivity contribution in [2.24, 2.45) is 0 Å². The number of hydrogen-bond donors (Lipinski definition) is 1. The lowest BCUT2D eigenvalue weighted by atomic mass is 10.1. The van der Waals surface area contributed by atoms with Crippen LogP contribution in [0.2, 0.25) is 5.02 Å². The van der Waals surface area contributed by atoms with Crippen molar-refractivity contribution in [1.29, 1.82) is 0 Å². The summed E-state index contributed by atoms with van der Waals surface area (Å²) in [7, 11) is -3.36. The van der Waals surface area contributed by atoms with Gasteiger partial charge in [-0.1, -0.05) is 48.4 Å². The van der Waals surface area contributed by atoms with Crippen LogP contribution in [0.4, 0.5) is 5.69 Å². The Morgan fingerprint density at radius 3 is 2.33 bits per heavy atom. The van der Waals surface area contributed by atoms with E-state index in [0.29, 0.717) is 46.4 Å². The molecule has 6 nitrogen and oxygen atoms in total. The lowest BCUT2D eigenvalue weighted by Gasteiger charge is -2.25. The van der Waals surface area contributed by atoms with Gasteiger partial charge in [0.25, 0.3) is 5.91 Å². The van der Waals surface area contributed by atoms with Crippen LogP contribution in [0.15, 0.2) is 72.8 Å². The minimum absolute atomic E-state index is 0.0712. The number of amides is 1. The monoisotopic (exact) mass is 484 g/mol. The molecule has 8 heteroatoms. The van der Waals surface area contributed by atoms with Crippen LogP contribution in [0.3, 0.4) is 0 Å². The largest absolute Gasteiger partial charge is 0.455 e. The van der Waals surface area contributed by atoms with Gasteiger partial charge in [-0.3, -0.25) is 4.79 Å². The van der Waals surface area contributed by atoms with Gasteiger partial charge in [-0.15, -0.1) is 0 Å². The zero-order valence-corrected chi connectivity index (χ0v) is 19.6. The molecule has 0 unspecified atom stereocenters. The van der Waals surface area contributed by atoms with Gasteiger partial charge in [-0.25, -0.2) is 12.7 Å². The van der Waals surface area contributed by atoms with Gasteiger partial charge in [0.15, 0.2) is 5.75 Å². The van der Waals surface area contributed by atoms with Crippen LogP contribution in [0.5, 0.6) is 11.5 Å². The molecule has 3 aromatic rings. The maximum Gasteiger partial charge on any atom is 0.255 e. The average Bonchev–Trinajstić information content (AvgIpc) is 2.82. The van der Waals surface area contributed by atoms with Gasteiger partial charge < -0.3 is 10.1 Å². The van der Waals surface area contributed by atoms with Crippen molar-refractivity contribution in [2.75, 3.05) is 18.4 Å². The number of rotatable bonds is 7. The van der Waals surface area contributed by atoms with Gasteiger partial charge in [-0.05, 0) is 60.9 Å². The summed E-state index contributed by atoms with van der Waals surface area (Å²) in [6.45, 7) is 1.16. The fourth-order valence-corrected chi connectivity index (χ4v) is 5.48. The number of piperidine rings is 1. The Morgan fingerprint density at radius 2 is 1.64 bits per heavy atom. The number of nitrogens with one attached hydrogen (secondary N) is 1. The summed E-state index contributed by atoms with van der Waals surface area (Å²) in [4.78, 5) is 12.8. The summed E-state index contributed by atoms with van der Waals surface area (Å²) in [5, 5.41) is 3.29. The van der Waals surface area contributed by atoms with Crippen LogP contribution < -0.4 is 10.1 Å². The molecule has 1 fully saturated rings. The first-order valence-electron chi connectivity index (χ1n) is 10.8. The first-order chi connectivity index (χ1) is 15.9. The Balaban J connectivity index is 1.45. The molecule has 0 aliphatic carbocycles. The van der Waals surface area contributed by atoms with Crippen LogP contribution in [0.25, 0.3) is 0 Å². The number of anilines is 1. The summed E-state index contributed by atoms with van der Waals surface area (Å²) in [6, 6.07) is 20.8. The molecule has 4 rings (SSSR count). The molecule has 0 spiro atoms. The van der Waals surface area contributed by atoms with E-state index in [9.17, 15) is 13.2 Å². The highest BCUT2D eigenvalue weighted by atomic mass is 35.5. The second-order valence-corrected chi connectivity index (χ2v) is 10.3. The molecule has 1 saturated heterocycles. The molecule has 0 atom stereocenters. The molecule has 1 aliphatic rings. The van der Waals surface area contributed by atoms with Crippen LogP contribution in [-0.2, 0) is 15.8 Å². The van der Waals surface area contributed by atoms with Crippen molar-refractivity contribution < 1.29 is 17.9 Å². The number of hydrogen-bond acceptors (Lipinski definition) is 4. The third-order valence-corrected chi connectivity index (χ3v) is 7.52. The molecule has 0 bridgehead atoms. The van der Waals surface area contributed by atoms with E-state index in [-0.39, 0.29) is 11.7 Å². The highest BCUT2D eigenvalue weighted by molar-refractivity contribution is 7.88. The van der Waals surface area contributed by atoms with Crippen molar-refractivity contribution in [3.05, 3.63) is 88.9 Å². The highest BCUT2D eigenvalue weighted by Crippen LogP contribution is 2.32. The van der Waals surface area contributed by atoms with E-state index in [4.69, 9.17) is 16.3 Å². The third kappa shape index (κ3) is 6.13. The molecule has 1 amide bonds. The van der Waals surface area contributed by atoms with E-state index < -0.39 is 10.0 Å². The number of nitrogens with zero attached hydrogens (tertiary/aromatic N) is 1. The maximum atomic E-state index is 12.8. The zero-order chi connectivity index (χ0) is 23.3. The molecule has 3 aromatic carbocycles. The normalized spacial score (nSPS) is 14.6. The standard InChI is InChI=1S/C25H25ClN2O4S/c26-21-13-14-24(32-22-7-3-1-4-8-22)23(17-21)27-25(29)20-11-9-19(10-12-20)18-33(30,31)28-15-5-2-6-16-28/h1,3-4,7-14,17H,2,5-6,15-16,18H2,(H,27,29). The van der Waals surface area contributed by atoms with E-state index in [1.165, 1.54) is 0 Å². The Morgan fingerprint density at radius 1 is 0.939 bits per heavy atom. The van der Waals surface area contributed by atoms with Gasteiger partial charge in [0.2, 0.25) is 10.0 Å². The van der Waals surface area contributed by atoms with E-state index in [1.807, 2.05) is 30.3 Å². The SMILES string of the molecule is O=C(Nc1cc(Cl)ccc1Oc1ccccc1)c1ccc(CS(=O)(=O)N2CCCCC2)cc1. The number of para-hydroxylation sites is 1. The number of sulfonamides is 1. The zero-order valence-electron chi connectivity index (χ0n) is 18.0. The first-order valence-corrected chi connectivity index (χ1v) is 12.8. The molecular weight excluding hydrogens is 460 g/mol. The Hall–Kier alpha value is -2.87. The van der Waals surface area contributed by atoms with Crippen LogP contribution in [0.1, 0.15) is 35.2 Å². The first kappa shape index (κ1) is 23.3. The van der Waals surface area contributed by atoms with Gasteiger partial charge in [0, 0.05) is 23.7 Å². The van der Waals surface area contributed by atoms with Crippen molar-refractivity contribution in [1.82, 2.24) is 4.31 Å². The molecule has 0 aromatic heterocycles. The van der Waals surface area contributed by atoms with Gasteiger partial charge in [-0.2, -0.15) is 0 Å². The van der Waals surface area contributed by atoms with Crippen molar-refractivity contribution in [2.45, 2.75) is 25.0 Å². The van der Waals surface area contributed by atoms with Gasteiger partial charge >= 0.3 is 0 Å². The number of carbonyl (C=O) groups is 1. The maximum absolute atomic E-state index is 12.8. The second-order valence-electron chi connectivity index (χ2n) is 7.92. The lowest BCUT2D eigenvalue weighted by Crippen LogP contribution is -2.36. The fraction of sp³-hybridized carbons (Fsp3) is 0.240. The quantitative estimate of drug-likeness (QED) is 0.466. The van der Waals surface area contributed by atoms with Gasteiger partial charge in [0.1, 0.15) is 5.75 Å². The number of halogens is 1. The molecule has 1 heterocycles. The molecule has 0 radical (unpaired) electrons. The minimum atomic E-state index is -3.36. The Bertz CT molecular complexity index is 1210. The summed E-state index contributed by atoms with van der Waals surface area (Å²) >= 11 is 6.13. The van der Waals surface area contributed by atoms with Crippen molar-refractivity contribution in [3.8, 4) is 11.5 Å². The van der Waals surface area contributed by atoms with Crippen LogP contribution >= 0.6 is 11.6 Å². The van der Waals surface area contributed by atoms with E-state index in [0.717, 1.165) is 19.3 Å². The molecule has 0 saturated carbocycles. The summed E-state index contributed by atoms with van der Waals surface area (Å²) in [6.07, 6.45) is 2.87. The highest BCUT2D eigenvalue weighted by Gasteiger charge is 2.24. The molecule has 33 heavy (non-hydrogen) atoms. The van der Waals surface area contributed by atoms with Crippen molar-refractivity contribution >= 4 is 33.2 Å². The summed E-state index contributed by atoms with van der Waals surface area (Å²) in [5.41, 5.74) is 1.49. The third-order valence-electron chi connectivity index (χ3n) is 5.43. The predicted molar refractivity (Wildman–Crippen MR) is 130 cm³/mol. The van der Waals surface area contributed by atoms with E-state index >= 15 is 0 Å². The summed E-state index contributed by atoms with van der Waals surface area (Å²) < 4.78 is 32.8. The van der Waals surface area contributed by atoms with Crippen LogP contribution in [0, 0.1) is 0 Å². The van der Waals surface area contributed by atoms with E-state index in [1.54, 1.807) is 46.8 Å².